The van der Waals surface area contributed by atoms with Crippen LogP contribution in [0.1, 0.15) is 25.8 Å². The molecule has 27 heavy (non-hydrogen) atoms. The lowest BCUT2D eigenvalue weighted by Gasteiger charge is -2.10. The number of aromatic amines is 1. The highest BCUT2D eigenvalue weighted by Gasteiger charge is 2.15. The lowest BCUT2D eigenvalue weighted by atomic mass is 10.2. The number of nitrogens with one attached hydrogen (secondary N) is 2. The summed E-state index contributed by atoms with van der Waals surface area (Å²) in [5, 5.41) is 3.30. The minimum absolute atomic E-state index is 0.0854. The van der Waals surface area contributed by atoms with E-state index in [1.54, 1.807) is 4.57 Å². The van der Waals surface area contributed by atoms with Gasteiger partial charge in [-0.1, -0.05) is 47.7 Å². The van der Waals surface area contributed by atoms with Gasteiger partial charge >= 0.3 is 0 Å². The molecular formula is C18H20N4O2S3. The van der Waals surface area contributed by atoms with E-state index in [1.807, 2.05) is 45.0 Å². The van der Waals surface area contributed by atoms with Crippen LogP contribution in [0.2, 0.25) is 0 Å². The summed E-state index contributed by atoms with van der Waals surface area (Å²) in [5.41, 5.74) is 2.27. The standard InChI is InChI=1S/C18H20N4O2S3/c1-4-11(3)19-13(23)9-26-17-20-15-14(16(24)21-17)27-18(25)22(15)12-7-5-10(2)6-8-12/h5-8,11H,4,9H2,1-3H3,(H,19,23)(H,20,21,24)/t11-/m0/s1. The number of thiazole rings is 1. The summed E-state index contributed by atoms with van der Waals surface area (Å²) in [6.45, 7) is 5.98. The van der Waals surface area contributed by atoms with Crippen LogP contribution < -0.4 is 10.9 Å². The zero-order valence-corrected chi connectivity index (χ0v) is 17.7. The molecule has 2 heterocycles. The second-order valence-corrected chi connectivity index (χ2v) is 8.84. The molecule has 2 N–H and O–H groups in total. The number of benzene rings is 1. The second-order valence-electron chi connectivity index (χ2n) is 6.23. The van der Waals surface area contributed by atoms with E-state index in [1.165, 1.54) is 23.1 Å². The number of hydrogen-bond donors (Lipinski definition) is 2. The molecule has 0 bridgehead atoms. The first-order valence-electron chi connectivity index (χ1n) is 8.54. The predicted molar refractivity (Wildman–Crippen MR) is 114 cm³/mol. The van der Waals surface area contributed by atoms with Crippen LogP contribution in [0.15, 0.2) is 34.2 Å². The Hall–Kier alpha value is -1.97. The maximum absolute atomic E-state index is 12.5. The number of hydrogen-bond acceptors (Lipinski definition) is 6. The smallest absolute Gasteiger partial charge is 0.271 e. The van der Waals surface area contributed by atoms with Crippen molar-refractivity contribution in [2.75, 3.05) is 5.75 Å². The fourth-order valence-electron chi connectivity index (χ4n) is 2.44. The van der Waals surface area contributed by atoms with Crippen molar-refractivity contribution in [2.45, 2.75) is 38.4 Å². The van der Waals surface area contributed by atoms with Crippen molar-refractivity contribution in [3.63, 3.8) is 0 Å². The monoisotopic (exact) mass is 420 g/mol. The number of nitrogens with zero attached hydrogens (tertiary/aromatic N) is 2. The molecule has 0 spiro atoms. The average molecular weight is 421 g/mol. The average Bonchev–Trinajstić information content (AvgIpc) is 2.97. The first-order chi connectivity index (χ1) is 12.9. The van der Waals surface area contributed by atoms with E-state index in [4.69, 9.17) is 12.2 Å². The largest absolute Gasteiger partial charge is 0.353 e. The molecular weight excluding hydrogens is 400 g/mol. The van der Waals surface area contributed by atoms with Crippen molar-refractivity contribution in [3.8, 4) is 5.69 Å². The molecule has 3 aromatic rings. The van der Waals surface area contributed by atoms with Gasteiger partial charge in [0.15, 0.2) is 14.8 Å². The molecule has 6 nitrogen and oxygen atoms in total. The maximum atomic E-state index is 12.5. The highest BCUT2D eigenvalue weighted by Crippen LogP contribution is 2.24. The van der Waals surface area contributed by atoms with Crippen LogP contribution in [-0.2, 0) is 4.79 Å². The number of carbonyl (C=O) groups excluding carboxylic acids is 1. The molecule has 3 rings (SSSR count). The predicted octanol–water partition coefficient (Wildman–Crippen LogP) is 3.82. The molecule has 0 aliphatic heterocycles. The molecule has 142 valence electrons. The van der Waals surface area contributed by atoms with Crippen molar-refractivity contribution in [3.05, 3.63) is 44.1 Å². The number of aromatic nitrogens is 3. The molecule has 0 radical (unpaired) electrons. The molecule has 0 aliphatic carbocycles. The third-order valence-corrected chi connectivity index (χ3v) is 6.31. The zero-order valence-electron chi connectivity index (χ0n) is 15.2. The van der Waals surface area contributed by atoms with Gasteiger partial charge in [0.05, 0.1) is 5.75 Å². The van der Waals surface area contributed by atoms with Gasteiger partial charge in [-0.3, -0.25) is 14.2 Å². The van der Waals surface area contributed by atoms with Crippen LogP contribution in [0.5, 0.6) is 0 Å². The number of amides is 1. The number of H-pyrrole nitrogens is 1. The zero-order chi connectivity index (χ0) is 19.6. The van der Waals surface area contributed by atoms with Crippen LogP contribution in [0.25, 0.3) is 16.0 Å². The van der Waals surface area contributed by atoms with Crippen LogP contribution >= 0.6 is 35.3 Å². The van der Waals surface area contributed by atoms with Gasteiger partial charge in [-0.15, -0.1) is 0 Å². The Balaban J connectivity index is 1.94. The molecule has 2 aromatic heterocycles. The molecule has 1 atom stereocenters. The van der Waals surface area contributed by atoms with Crippen molar-refractivity contribution in [1.82, 2.24) is 19.9 Å². The number of rotatable bonds is 6. The summed E-state index contributed by atoms with van der Waals surface area (Å²) < 4.78 is 2.84. The number of thioether (sulfide) groups is 1. The molecule has 1 amide bonds. The second kappa shape index (κ2) is 8.37. The Kier molecular flexibility index (Phi) is 6.13. The summed E-state index contributed by atoms with van der Waals surface area (Å²) in [4.78, 5) is 31.7. The summed E-state index contributed by atoms with van der Waals surface area (Å²) in [5.74, 6) is 0.103. The van der Waals surface area contributed by atoms with E-state index >= 15 is 0 Å². The van der Waals surface area contributed by atoms with Gasteiger partial charge in [0.25, 0.3) is 5.56 Å². The molecule has 0 saturated heterocycles. The van der Waals surface area contributed by atoms with Crippen LogP contribution in [0.3, 0.4) is 0 Å². The van der Waals surface area contributed by atoms with Gasteiger partial charge in [0, 0.05) is 11.7 Å². The fourth-order valence-corrected chi connectivity index (χ4v) is 4.37. The Morgan fingerprint density at radius 2 is 2.11 bits per heavy atom. The van der Waals surface area contributed by atoms with Gasteiger partial charge in [-0.2, -0.15) is 0 Å². The van der Waals surface area contributed by atoms with E-state index in [2.05, 4.69) is 15.3 Å². The van der Waals surface area contributed by atoms with Crippen LogP contribution in [-0.4, -0.2) is 32.2 Å². The summed E-state index contributed by atoms with van der Waals surface area (Å²) in [7, 11) is 0. The molecule has 9 heteroatoms. The third-order valence-electron chi connectivity index (χ3n) is 4.07. The number of fused-ring (bicyclic) bond motifs is 1. The number of aryl methyl sites for hydroxylation is 1. The normalized spacial score (nSPS) is 12.3. The van der Waals surface area contributed by atoms with E-state index in [0.29, 0.717) is 19.5 Å². The molecule has 0 fully saturated rings. The fraction of sp³-hybridized carbons (Fsp3) is 0.333. The Labute approximate surface area is 170 Å². The molecule has 0 aliphatic rings. The van der Waals surface area contributed by atoms with Crippen molar-refractivity contribution >= 4 is 51.6 Å². The van der Waals surface area contributed by atoms with Crippen molar-refractivity contribution < 1.29 is 4.79 Å². The number of carbonyl (C=O) groups is 1. The van der Waals surface area contributed by atoms with Gasteiger partial charge in [0.1, 0.15) is 4.70 Å². The molecule has 0 saturated carbocycles. The lowest BCUT2D eigenvalue weighted by molar-refractivity contribution is -0.119. The molecule has 0 unspecified atom stereocenters. The topological polar surface area (TPSA) is 79.8 Å². The van der Waals surface area contributed by atoms with Crippen LogP contribution in [0.4, 0.5) is 0 Å². The Morgan fingerprint density at radius 3 is 2.78 bits per heavy atom. The van der Waals surface area contributed by atoms with Crippen molar-refractivity contribution in [1.29, 1.82) is 0 Å². The lowest BCUT2D eigenvalue weighted by Crippen LogP contribution is -2.33. The third kappa shape index (κ3) is 4.48. The van der Waals surface area contributed by atoms with Gasteiger partial charge in [-0.25, -0.2) is 4.98 Å². The van der Waals surface area contributed by atoms with E-state index in [-0.39, 0.29) is 23.3 Å². The van der Waals surface area contributed by atoms with E-state index in [0.717, 1.165) is 17.7 Å². The van der Waals surface area contributed by atoms with E-state index in [9.17, 15) is 9.59 Å². The van der Waals surface area contributed by atoms with Crippen LogP contribution in [0, 0.1) is 10.9 Å². The summed E-state index contributed by atoms with van der Waals surface area (Å²) in [6, 6.07) is 8.00. The summed E-state index contributed by atoms with van der Waals surface area (Å²) >= 11 is 7.89. The van der Waals surface area contributed by atoms with Gasteiger partial charge in [0.2, 0.25) is 5.91 Å². The highest BCUT2D eigenvalue weighted by atomic mass is 32.2. The first-order valence-corrected chi connectivity index (χ1v) is 10.7. The van der Waals surface area contributed by atoms with Gasteiger partial charge in [-0.05, 0) is 44.6 Å². The Bertz CT molecular complexity index is 1080. The minimum Gasteiger partial charge on any atom is -0.353 e. The summed E-state index contributed by atoms with van der Waals surface area (Å²) in [6.07, 6.45) is 0.866. The Morgan fingerprint density at radius 1 is 1.41 bits per heavy atom. The minimum atomic E-state index is -0.244. The quantitative estimate of drug-likeness (QED) is 0.360. The SMILES string of the molecule is CC[C@H](C)NC(=O)CSc1nc2c(sc(=S)n2-c2ccc(C)cc2)c(=O)[nH]1. The maximum Gasteiger partial charge on any atom is 0.271 e. The van der Waals surface area contributed by atoms with Crippen molar-refractivity contribution in [2.24, 2.45) is 0 Å². The van der Waals surface area contributed by atoms with E-state index < -0.39 is 0 Å². The highest BCUT2D eigenvalue weighted by molar-refractivity contribution is 7.99. The van der Waals surface area contributed by atoms with Gasteiger partial charge < -0.3 is 10.3 Å². The first kappa shape index (κ1) is 19.8. The molecule has 1 aromatic carbocycles.